The summed E-state index contributed by atoms with van der Waals surface area (Å²) in [6.07, 6.45) is 7.17. The van der Waals surface area contributed by atoms with Crippen LogP contribution < -0.4 is 15.4 Å². The standard InChI is InChI=1S/C20H27BrFN3O3/c21-14-6-7-18(17(22)12-14)28-13-19(26)23-16-8-10-25(11-9-16)20(27)24-15-4-2-1-3-5-15/h6-7,12,15-16H,1-5,8-11,13H2,(H,23,26)(H,24,27). The number of hydrogen-bond donors (Lipinski definition) is 2. The number of likely N-dealkylation sites (tertiary alicyclic amines) is 1. The molecule has 0 bridgehead atoms. The van der Waals surface area contributed by atoms with Gasteiger partial charge in [-0.15, -0.1) is 0 Å². The lowest BCUT2D eigenvalue weighted by Crippen LogP contribution is -2.52. The van der Waals surface area contributed by atoms with Crippen LogP contribution in [0.2, 0.25) is 0 Å². The van der Waals surface area contributed by atoms with Crippen molar-refractivity contribution >= 4 is 27.9 Å². The first kappa shape index (κ1) is 20.9. The molecular weight excluding hydrogens is 429 g/mol. The summed E-state index contributed by atoms with van der Waals surface area (Å²) in [7, 11) is 0. The quantitative estimate of drug-likeness (QED) is 0.712. The Kier molecular flexibility index (Phi) is 7.53. The third kappa shape index (κ3) is 6.09. The van der Waals surface area contributed by atoms with Crippen LogP contribution in [0.3, 0.4) is 0 Å². The molecule has 1 aromatic carbocycles. The van der Waals surface area contributed by atoms with E-state index in [2.05, 4.69) is 26.6 Å². The summed E-state index contributed by atoms with van der Waals surface area (Å²) in [6, 6.07) is 4.74. The number of piperidine rings is 1. The molecule has 3 rings (SSSR count). The number of hydrogen-bond acceptors (Lipinski definition) is 3. The molecule has 1 saturated carbocycles. The largest absolute Gasteiger partial charge is 0.481 e. The molecule has 2 N–H and O–H groups in total. The van der Waals surface area contributed by atoms with E-state index < -0.39 is 5.82 Å². The predicted octanol–water partition coefficient (Wildman–Crippen LogP) is 3.59. The fraction of sp³-hybridized carbons (Fsp3) is 0.600. The van der Waals surface area contributed by atoms with Gasteiger partial charge in [0.15, 0.2) is 18.2 Å². The molecule has 1 aliphatic heterocycles. The van der Waals surface area contributed by atoms with E-state index in [0.29, 0.717) is 36.4 Å². The van der Waals surface area contributed by atoms with Gasteiger partial charge in [0.05, 0.1) is 0 Å². The average Bonchev–Trinajstić information content (AvgIpc) is 2.68. The lowest BCUT2D eigenvalue weighted by atomic mass is 9.95. The van der Waals surface area contributed by atoms with Crippen molar-refractivity contribution in [3.63, 3.8) is 0 Å². The van der Waals surface area contributed by atoms with Gasteiger partial charge < -0.3 is 20.3 Å². The number of nitrogens with zero attached hydrogens (tertiary/aromatic N) is 1. The number of nitrogens with one attached hydrogen (secondary N) is 2. The molecule has 1 aromatic rings. The first-order valence-electron chi connectivity index (χ1n) is 9.94. The molecular formula is C20H27BrFN3O3. The van der Waals surface area contributed by atoms with Crippen molar-refractivity contribution in [1.29, 1.82) is 0 Å². The summed E-state index contributed by atoms with van der Waals surface area (Å²) in [5.41, 5.74) is 0. The molecule has 1 aliphatic carbocycles. The van der Waals surface area contributed by atoms with Crippen LogP contribution >= 0.6 is 15.9 Å². The van der Waals surface area contributed by atoms with Gasteiger partial charge in [-0.25, -0.2) is 9.18 Å². The Labute approximate surface area is 173 Å². The monoisotopic (exact) mass is 455 g/mol. The maximum Gasteiger partial charge on any atom is 0.317 e. The van der Waals surface area contributed by atoms with E-state index in [-0.39, 0.29) is 30.3 Å². The molecule has 0 atom stereocenters. The van der Waals surface area contributed by atoms with Crippen molar-refractivity contribution in [2.45, 2.75) is 57.0 Å². The Morgan fingerprint density at radius 1 is 1.07 bits per heavy atom. The molecule has 154 valence electrons. The van der Waals surface area contributed by atoms with Crippen LogP contribution in [-0.2, 0) is 4.79 Å². The van der Waals surface area contributed by atoms with Crippen molar-refractivity contribution in [2.24, 2.45) is 0 Å². The highest BCUT2D eigenvalue weighted by molar-refractivity contribution is 9.10. The lowest BCUT2D eigenvalue weighted by molar-refractivity contribution is -0.124. The van der Waals surface area contributed by atoms with Crippen LogP contribution in [0.15, 0.2) is 22.7 Å². The fourth-order valence-corrected chi connectivity index (χ4v) is 4.08. The van der Waals surface area contributed by atoms with E-state index in [1.807, 2.05) is 4.90 Å². The molecule has 0 spiro atoms. The van der Waals surface area contributed by atoms with Crippen LogP contribution in [0.1, 0.15) is 44.9 Å². The second-order valence-corrected chi connectivity index (χ2v) is 8.39. The van der Waals surface area contributed by atoms with Gasteiger partial charge >= 0.3 is 6.03 Å². The van der Waals surface area contributed by atoms with Gasteiger partial charge in [-0.3, -0.25) is 4.79 Å². The lowest BCUT2D eigenvalue weighted by Gasteiger charge is -2.34. The molecule has 2 aliphatic rings. The molecule has 8 heteroatoms. The highest BCUT2D eigenvalue weighted by atomic mass is 79.9. The van der Waals surface area contributed by atoms with E-state index in [1.54, 1.807) is 6.07 Å². The van der Waals surface area contributed by atoms with E-state index in [9.17, 15) is 14.0 Å². The van der Waals surface area contributed by atoms with E-state index in [0.717, 1.165) is 12.8 Å². The van der Waals surface area contributed by atoms with Crippen molar-refractivity contribution in [3.05, 3.63) is 28.5 Å². The SMILES string of the molecule is O=C(COc1ccc(Br)cc1F)NC1CCN(C(=O)NC2CCCCC2)CC1. The summed E-state index contributed by atoms with van der Waals surface area (Å²) in [4.78, 5) is 26.3. The average molecular weight is 456 g/mol. The Hall–Kier alpha value is -1.83. The molecule has 3 amide bonds. The van der Waals surface area contributed by atoms with Gasteiger partial charge in [-0.1, -0.05) is 35.2 Å². The Balaban J connectivity index is 1.36. The Morgan fingerprint density at radius 3 is 2.43 bits per heavy atom. The van der Waals surface area contributed by atoms with Gasteiger partial charge in [-0.05, 0) is 43.9 Å². The second-order valence-electron chi connectivity index (χ2n) is 7.48. The zero-order valence-corrected chi connectivity index (χ0v) is 17.5. The fourth-order valence-electron chi connectivity index (χ4n) is 3.74. The van der Waals surface area contributed by atoms with Crippen molar-refractivity contribution in [3.8, 4) is 5.75 Å². The zero-order chi connectivity index (χ0) is 19.9. The smallest absolute Gasteiger partial charge is 0.317 e. The highest BCUT2D eigenvalue weighted by Gasteiger charge is 2.25. The molecule has 0 radical (unpaired) electrons. The molecule has 0 unspecified atom stereocenters. The number of rotatable bonds is 5. The van der Waals surface area contributed by atoms with Crippen LogP contribution in [0.5, 0.6) is 5.75 Å². The van der Waals surface area contributed by atoms with Crippen LogP contribution in [-0.4, -0.2) is 48.6 Å². The van der Waals surface area contributed by atoms with Gasteiger partial charge in [-0.2, -0.15) is 0 Å². The normalized spacial score (nSPS) is 18.6. The number of halogens is 2. The number of benzene rings is 1. The summed E-state index contributed by atoms with van der Waals surface area (Å²) in [6.45, 7) is 0.998. The van der Waals surface area contributed by atoms with E-state index in [4.69, 9.17) is 4.74 Å². The minimum atomic E-state index is -0.514. The molecule has 0 aromatic heterocycles. The van der Waals surface area contributed by atoms with Gasteiger partial charge in [0, 0.05) is 29.6 Å². The molecule has 1 heterocycles. The maximum atomic E-state index is 13.7. The second kappa shape index (κ2) is 10.1. The number of urea groups is 1. The van der Waals surface area contributed by atoms with Gasteiger partial charge in [0.1, 0.15) is 0 Å². The number of carbonyl (C=O) groups excluding carboxylic acids is 2. The minimum absolute atomic E-state index is 0.00425. The van der Waals surface area contributed by atoms with Gasteiger partial charge in [0.25, 0.3) is 5.91 Å². The Bertz CT molecular complexity index is 689. The van der Waals surface area contributed by atoms with Gasteiger partial charge in [0.2, 0.25) is 0 Å². The van der Waals surface area contributed by atoms with Crippen LogP contribution in [0.4, 0.5) is 9.18 Å². The van der Waals surface area contributed by atoms with E-state index in [1.165, 1.54) is 31.4 Å². The molecule has 6 nitrogen and oxygen atoms in total. The van der Waals surface area contributed by atoms with E-state index >= 15 is 0 Å². The number of ether oxygens (including phenoxy) is 1. The summed E-state index contributed by atoms with van der Waals surface area (Å²) < 4.78 is 19.6. The third-order valence-electron chi connectivity index (χ3n) is 5.33. The number of carbonyl (C=O) groups is 2. The predicted molar refractivity (Wildman–Crippen MR) is 108 cm³/mol. The van der Waals surface area contributed by atoms with Crippen molar-refractivity contribution < 1.29 is 18.7 Å². The first-order valence-corrected chi connectivity index (χ1v) is 10.7. The summed E-state index contributed by atoms with van der Waals surface area (Å²) in [5, 5.41) is 6.04. The maximum absolute atomic E-state index is 13.7. The molecule has 1 saturated heterocycles. The first-order chi connectivity index (χ1) is 13.5. The summed E-state index contributed by atoms with van der Waals surface area (Å²) >= 11 is 3.18. The minimum Gasteiger partial charge on any atom is -0.481 e. The third-order valence-corrected chi connectivity index (χ3v) is 5.83. The molecule has 28 heavy (non-hydrogen) atoms. The van der Waals surface area contributed by atoms with Crippen molar-refractivity contribution in [2.75, 3.05) is 19.7 Å². The van der Waals surface area contributed by atoms with Crippen LogP contribution in [0.25, 0.3) is 0 Å². The topological polar surface area (TPSA) is 70.7 Å². The van der Waals surface area contributed by atoms with Crippen molar-refractivity contribution in [1.82, 2.24) is 15.5 Å². The molecule has 2 fully saturated rings. The number of amides is 3. The summed E-state index contributed by atoms with van der Waals surface area (Å²) in [5.74, 6) is -0.751. The van der Waals surface area contributed by atoms with Crippen LogP contribution in [0, 0.1) is 5.82 Å². The highest BCUT2D eigenvalue weighted by Crippen LogP contribution is 2.21. The zero-order valence-electron chi connectivity index (χ0n) is 15.9. The Morgan fingerprint density at radius 2 is 1.75 bits per heavy atom.